The summed E-state index contributed by atoms with van der Waals surface area (Å²) in [6.45, 7) is 2.79. The highest BCUT2D eigenvalue weighted by Crippen LogP contribution is 2.24. The smallest absolute Gasteiger partial charge is 0.323 e. The highest BCUT2D eigenvalue weighted by Gasteiger charge is 2.18. The van der Waals surface area contributed by atoms with Gasteiger partial charge in [0.2, 0.25) is 0 Å². The minimum absolute atomic E-state index is 0.303. The van der Waals surface area contributed by atoms with Crippen molar-refractivity contribution < 1.29 is 9.53 Å². The molecule has 0 aliphatic heterocycles. The first-order valence-corrected chi connectivity index (χ1v) is 8.38. The molecule has 126 valence electrons. The zero-order valence-electron chi connectivity index (χ0n) is 13.6. The molecule has 5 nitrogen and oxygen atoms in total. The van der Waals surface area contributed by atoms with Gasteiger partial charge in [0.05, 0.1) is 18.2 Å². The molecular formula is C18H20ClN3O2. The van der Waals surface area contributed by atoms with Crippen LogP contribution in [0.15, 0.2) is 30.5 Å². The number of esters is 1. The van der Waals surface area contributed by atoms with E-state index in [1.165, 1.54) is 0 Å². The number of carbonyl (C=O) groups excluding carboxylic acids is 1. The molecule has 1 atom stereocenters. The summed E-state index contributed by atoms with van der Waals surface area (Å²) in [6.07, 6.45) is 3.89. The van der Waals surface area contributed by atoms with Crippen molar-refractivity contribution >= 4 is 34.2 Å². The van der Waals surface area contributed by atoms with E-state index in [2.05, 4.69) is 10.3 Å². The van der Waals surface area contributed by atoms with E-state index in [0.29, 0.717) is 18.1 Å². The number of hydrogen-bond donors (Lipinski definition) is 1. The summed E-state index contributed by atoms with van der Waals surface area (Å²) in [5.74, 6) is -1.10. The molecule has 2 rings (SSSR count). The lowest BCUT2D eigenvalue weighted by Gasteiger charge is -2.11. The summed E-state index contributed by atoms with van der Waals surface area (Å²) < 4.78 is 4.88. The first-order chi connectivity index (χ1) is 11.7. The molecule has 1 N–H and O–H groups in total. The number of carbonyl (C=O) groups is 1. The fourth-order valence-electron chi connectivity index (χ4n) is 2.45. The average Bonchev–Trinajstić information content (AvgIpc) is 2.58. The first kappa shape index (κ1) is 18.0. The van der Waals surface area contributed by atoms with Gasteiger partial charge in [-0.05, 0) is 50.5 Å². The summed E-state index contributed by atoms with van der Waals surface area (Å²) in [4.78, 5) is 15.9. The van der Waals surface area contributed by atoms with Gasteiger partial charge in [-0.2, -0.15) is 5.26 Å². The number of pyridine rings is 1. The van der Waals surface area contributed by atoms with E-state index in [1.807, 2.05) is 30.3 Å². The zero-order valence-corrected chi connectivity index (χ0v) is 14.3. The second-order valence-corrected chi connectivity index (χ2v) is 5.81. The lowest BCUT2D eigenvalue weighted by molar-refractivity contribution is -0.146. The molecule has 1 aromatic carbocycles. The first-order valence-electron chi connectivity index (χ1n) is 8.00. The lowest BCUT2D eigenvalue weighted by atomic mass is 10.0. The van der Waals surface area contributed by atoms with E-state index in [1.54, 1.807) is 13.1 Å². The van der Waals surface area contributed by atoms with Gasteiger partial charge in [-0.3, -0.25) is 9.78 Å². The molecule has 0 saturated carbocycles. The zero-order chi connectivity index (χ0) is 17.4. The van der Waals surface area contributed by atoms with Crippen molar-refractivity contribution in [2.45, 2.75) is 26.2 Å². The van der Waals surface area contributed by atoms with Crippen molar-refractivity contribution in [2.24, 2.45) is 5.92 Å². The van der Waals surface area contributed by atoms with Crippen LogP contribution in [0.5, 0.6) is 0 Å². The molecule has 2 aromatic rings. The number of rotatable bonds is 8. The fraction of sp³-hybridized carbons (Fsp3) is 0.389. The highest BCUT2D eigenvalue weighted by molar-refractivity contribution is 6.31. The second-order valence-electron chi connectivity index (χ2n) is 5.38. The molecule has 0 fully saturated rings. The number of nitrogens with one attached hydrogen (secondary N) is 1. The molecule has 1 heterocycles. The quantitative estimate of drug-likeness (QED) is 0.574. The Bertz CT molecular complexity index is 743. The monoisotopic (exact) mass is 345 g/mol. The average molecular weight is 346 g/mol. The van der Waals surface area contributed by atoms with Gasteiger partial charge >= 0.3 is 5.97 Å². The molecule has 0 amide bonds. The molecule has 0 radical (unpaired) electrons. The van der Waals surface area contributed by atoms with Gasteiger partial charge in [-0.25, -0.2) is 0 Å². The summed E-state index contributed by atoms with van der Waals surface area (Å²) in [7, 11) is 0. The van der Waals surface area contributed by atoms with E-state index in [4.69, 9.17) is 21.6 Å². The van der Waals surface area contributed by atoms with Crippen LogP contribution in [0.2, 0.25) is 5.02 Å². The van der Waals surface area contributed by atoms with Crippen molar-refractivity contribution in [1.82, 2.24) is 4.98 Å². The third kappa shape index (κ3) is 4.84. The van der Waals surface area contributed by atoms with Crippen molar-refractivity contribution in [3.63, 3.8) is 0 Å². The van der Waals surface area contributed by atoms with E-state index < -0.39 is 11.9 Å². The lowest BCUT2D eigenvalue weighted by Crippen LogP contribution is -2.16. The summed E-state index contributed by atoms with van der Waals surface area (Å²) >= 11 is 5.98. The topological polar surface area (TPSA) is 75.0 Å². The SMILES string of the molecule is CCOC(=O)C(C#N)CCCCNc1ccnc2cc(Cl)ccc12. The maximum absolute atomic E-state index is 11.6. The Kier molecular flexibility index (Phi) is 6.83. The third-order valence-electron chi connectivity index (χ3n) is 3.67. The number of halogens is 1. The van der Waals surface area contributed by atoms with E-state index in [0.717, 1.165) is 36.0 Å². The van der Waals surface area contributed by atoms with Gasteiger partial charge in [-0.1, -0.05) is 11.6 Å². The number of nitrogens with zero attached hydrogens (tertiary/aromatic N) is 2. The van der Waals surface area contributed by atoms with Crippen molar-refractivity contribution in [3.8, 4) is 6.07 Å². The van der Waals surface area contributed by atoms with Crippen LogP contribution >= 0.6 is 11.6 Å². The number of hydrogen-bond acceptors (Lipinski definition) is 5. The van der Waals surface area contributed by atoms with Crippen molar-refractivity contribution in [2.75, 3.05) is 18.5 Å². The van der Waals surface area contributed by atoms with Gasteiger partial charge in [0.1, 0.15) is 5.92 Å². The molecule has 0 bridgehead atoms. The Labute approximate surface area is 146 Å². The largest absolute Gasteiger partial charge is 0.465 e. The van der Waals surface area contributed by atoms with Gasteiger partial charge in [-0.15, -0.1) is 0 Å². The molecule has 24 heavy (non-hydrogen) atoms. The predicted molar refractivity (Wildman–Crippen MR) is 94.8 cm³/mol. The molecule has 0 aliphatic carbocycles. The summed E-state index contributed by atoms with van der Waals surface area (Å²) in [5, 5.41) is 14.1. The molecule has 0 aliphatic rings. The molecule has 0 saturated heterocycles. The molecular weight excluding hydrogens is 326 g/mol. The van der Waals surface area contributed by atoms with E-state index in [9.17, 15) is 4.79 Å². The minimum Gasteiger partial charge on any atom is -0.465 e. The number of nitriles is 1. The van der Waals surface area contributed by atoms with E-state index in [-0.39, 0.29) is 0 Å². The minimum atomic E-state index is -0.672. The van der Waals surface area contributed by atoms with Crippen molar-refractivity contribution in [1.29, 1.82) is 5.26 Å². The Morgan fingerprint density at radius 3 is 3.00 bits per heavy atom. The van der Waals surface area contributed by atoms with Crippen molar-refractivity contribution in [3.05, 3.63) is 35.5 Å². The maximum Gasteiger partial charge on any atom is 0.323 e. The molecule has 6 heteroatoms. The second kappa shape index (κ2) is 9.09. The van der Waals surface area contributed by atoms with Crippen LogP contribution in [0.1, 0.15) is 26.2 Å². The van der Waals surface area contributed by atoms with Crippen LogP contribution in [0.25, 0.3) is 10.9 Å². The van der Waals surface area contributed by atoms with Crippen LogP contribution < -0.4 is 5.32 Å². The molecule has 1 aromatic heterocycles. The predicted octanol–water partition coefficient (Wildman–Crippen LogP) is 4.17. The van der Waals surface area contributed by atoms with Crippen LogP contribution in [-0.2, 0) is 9.53 Å². The van der Waals surface area contributed by atoms with Gasteiger partial charge < -0.3 is 10.1 Å². The summed E-state index contributed by atoms with van der Waals surface area (Å²) in [6, 6.07) is 9.55. The standard InChI is InChI=1S/C18H20ClN3O2/c1-2-24-18(23)13(12-20)5-3-4-9-21-16-8-10-22-17-11-14(19)6-7-15(16)17/h6-8,10-11,13H,2-5,9H2,1H3,(H,21,22). The normalized spacial score (nSPS) is 11.7. The van der Waals surface area contributed by atoms with Gasteiger partial charge in [0.25, 0.3) is 0 Å². The number of unbranched alkanes of at least 4 members (excludes halogenated alkanes) is 1. The Hall–Kier alpha value is -2.32. The van der Waals surface area contributed by atoms with Crippen LogP contribution in [0.4, 0.5) is 5.69 Å². The number of ether oxygens (including phenoxy) is 1. The van der Waals surface area contributed by atoms with Gasteiger partial charge in [0, 0.05) is 28.8 Å². The molecule has 0 spiro atoms. The Morgan fingerprint density at radius 2 is 2.25 bits per heavy atom. The third-order valence-corrected chi connectivity index (χ3v) is 3.90. The van der Waals surface area contributed by atoms with E-state index >= 15 is 0 Å². The Balaban J connectivity index is 1.83. The number of fused-ring (bicyclic) bond motifs is 1. The molecule has 1 unspecified atom stereocenters. The van der Waals surface area contributed by atoms with Gasteiger partial charge in [0.15, 0.2) is 0 Å². The highest BCUT2D eigenvalue weighted by atomic mass is 35.5. The number of aromatic nitrogens is 1. The summed E-state index contributed by atoms with van der Waals surface area (Å²) in [5.41, 5.74) is 1.85. The van der Waals surface area contributed by atoms with Crippen LogP contribution in [0.3, 0.4) is 0 Å². The Morgan fingerprint density at radius 1 is 1.42 bits per heavy atom. The number of benzene rings is 1. The number of anilines is 1. The maximum atomic E-state index is 11.6. The van der Waals surface area contributed by atoms with Crippen LogP contribution in [0, 0.1) is 17.2 Å². The van der Waals surface area contributed by atoms with Crippen LogP contribution in [-0.4, -0.2) is 24.1 Å². The fourth-order valence-corrected chi connectivity index (χ4v) is 2.62.